The van der Waals surface area contributed by atoms with Gasteiger partial charge in [0.25, 0.3) is 0 Å². The molecule has 3 N–H and O–H groups in total. The van der Waals surface area contributed by atoms with Crippen molar-refractivity contribution >= 4 is 35.1 Å². The molecule has 0 aliphatic carbocycles. The fraction of sp³-hybridized carbons (Fsp3) is 0.280. The van der Waals surface area contributed by atoms with E-state index in [0.29, 0.717) is 23.0 Å². The van der Waals surface area contributed by atoms with Crippen LogP contribution in [-0.4, -0.2) is 46.3 Å². The van der Waals surface area contributed by atoms with Crippen LogP contribution in [0.1, 0.15) is 24.4 Å². The Balaban J connectivity index is 1.24. The molecule has 3 aromatic rings. The van der Waals surface area contributed by atoms with E-state index in [1.54, 1.807) is 29.4 Å². The van der Waals surface area contributed by atoms with Crippen LogP contribution >= 0.6 is 11.8 Å². The van der Waals surface area contributed by atoms with Crippen molar-refractivity contribution in [2.75, 3.05) is 18.0 Å². The second kappa shape index (κ2) is 9.20. The first-order valence-corrected chi connectivity index (χ1v) is 12.5. The van der Waals surface area contributed by atoms with E-state index >= 15 is 0 Å². The van der Waals surface area contributed by atoms with Crippen molar-refractivity contribution in [2.45, 2.75) is 35.2 Å². The van der Waals surface area contributed by atoms with E-state index in [4.69, 9.17) is 4.74 Å². The highest BCUT2D eigenvalue weighted by Gasteiger charge is 2.47. The Morgan fingerprint density at radius 3 is 2.80 bits per heavy atom. The average molecular weight is 489 g/mol. The van der Waals surface area contributed by atoms with Gasteiger partial charge in [-0.25, -0.2) is 14.8 Å². The molecule has 1 fully saturated rings. The highest BCUT2D eigenvalue weighted by Crippen LogP contribution is 2.50. The minimum absolute atomic E-state index is 0.0736. The number of urea groups is 1. The Morgan fingerprint density at radius 1 is 1.14 bits per heavy atom. The number of thioether (sulfide) groups is 1. The Morgan fingerprint density at radius 2 is 2.03 bits per heavy atom. The predicted molar refractivity (Wildman–Crippen MR) is 132 cm³/mol. The molecule has 2 aromatic heterocycles. The number of hydrogen-bond acceptors (Lipinski definition) is 7. The van der Waals surface area contributed by atoms with Gasteiger partial charge >= 0.3 is 6.03 Å². The highest BCUT2D eigenvalue weighted by atomic mass is 32.2. The first kappa shape index (κ1) is 21.9. The highest BCUT2D eigenvalue weighted by molar-refractivity contribution is 8.01. The van der Waals surface area contributed by atoms with Crippen LogP contribution < -0.4 is 25.6 Å². The molecular weight excluding hydrogens is 464 g/mol. The number of carbonyl (C=O) groups excluding carboxylic acids is 2. The zero-order valence-electron chi connectivity index (χ0n) is 18.8. The van der Waals surface area contributed by atoms with Crippen molar-refractivity contribution in [3.8, 4) is 11.6 Å². The maximum Gasteiger partial charge on any atom is 0.327 e. The molecule has 9 nitrogen and oxygen atoms in total. The molecule has 6 rings (SSSR count). The number of para-hydroxylation sites is 1. The average Bonchev–Trinajstić information content (AvgIpc) is 3.26. The van der Waals surface area contributed by atoms with Gasteiger partial charge in [-0.1, -0.05) is 30.0 Å². The van der Waals surface area contributed by atoms with Crippen LogP contribution in [0.2, 0.25) is 0 Å². The molecule has 0 spiro atoms. The molecule has 178 valence electrons. The van der Waals surface area contributed by atoms with Gasteiger partial charge in [-0.05, 0) is 43.7 Å². The lowest BCUT2D eigenvalue weighted by molar-refractivity contribution is -0.121. The van der Waals surface area contributed by atoms with Gasteiger partial charge in [0.1, 0.15) is 16.0 Å². The van der Waals surface area contributed by atoms with Crippen molar-refractivity contribution in [2.24, 2.45) is 0 Å². The molecule has 35 heavy (non-hydrogen) atoms. The standard InChI is InChI=1S/C25H24N6O3S/c32-23(29-15-5-4-11-26-13-15)22-21-20-18(10-12-27-24(20)35-22)31(25(33)30-21)16-8-9-19(28-14-16)34-17-6-2-1-3-7-17/h1-3,6-10,12,14-15,21-22,26H,4-5,11,13H2,(H,29,32)(H,30,33)/t15?,21?,22-/m1/s1. The lowest BCUT2D eigenvalue weighted by atomic mass is 9.99. The lowest BCUT2D eigenvalue weighted by Gasteiger charge is -2.34. The van der Waals surface area contributed by atoms with Gasteiger partial charge < -0.3 is 20.7 Å². The number of ether oxygens (including phenoxy) is 1. The van der Waals surface area contributed by atoms with Crippen molar-refractivity contribution in [3.05, 3.63) is 66.5 Å². The van der Waals surface area contributed by atoms with Gasteiger partial charge in [0, 0.05) is 30.4 Å². The molecule has 1 saturated heterocycles. The molecule has 5 heterocycles. The summed E-state index contributed by atoms with van der Waals surface area (Å²) in [5, 5.41) is 9.80. The number of hydrogen-bond donors (Lipinski definition) is 3. The summed E-state index contributed by atoms with van der Waals surface area (Å²) in [5.74, 6) is 1.04. The number of pyridine rings is 2. The maximum atomic E-state index is 13.3. The molecule has 2 unspecified atom stereocenters. The number of aromatic nitrogens is 2. The van der Waals surface area contributed by atoms with E-state index in [1.165, 1.54) is 11.8 Å². The van der Waals surface area contributed by atoms with Crippen LogP contribution in [0.3, 0.4) is 0 Å². The zero-order chi connectivity index (χ0) is 23.8. The summed E-state index contributed by atoms with van der Waals surface area (Å²) in [6, 6.07) is 14.1. The van der Waals surface area contributed by atoms with Crippen LogP contribution in [0.25, 0.3) is 0 Å². The number of nitrogens with one attached hydrogen (secondary N) is 3. The third-order valence-corrected chi connectivity index (χ3v) is 7.64. The molecule has 3 amide bonds. The molecular formula is C25H24N6O3S. The van der Waals surface area contributed by atoms with E-state index in [-0.39, 0.29) is 18.0 Å². The SMILES string of the molecule is O=C(NC1CCCNC1)[C@@H]1Sc2nccc3c2C1NC(=O)N3c1ccc(Oc2ccccc2)nc1. The Hall–Kier alpha value is -3.63. The van der Waals surface area contributed by atoms with E-state index in [9.17, 15) is 9.59 Å². The molecule has 3 atom stereocenters. The molecule has 0 radical (unpaired) electrons. The number of piperidine rings is 1. The predicted octanol–water partition coefficient (Wildman–Crippen LogP) is 3.51. The fourth-order valence-corrected chi connectivity index (χ4v) is 5.95. The van der Waals surface area contributed by atoms with E-state index in [2.05, 4.69) is 25.9 Å². The van der Waals surface area contributed by atoms with Crippen LogP contribution in [-0.2, 0) is 4.79 Å². The normalized spacial score (nSPS) is 22.8. The minimum Gasteiger partial charge on any atom is -0.439 e. The number of carbonyl (C=O) groups is 2. The number of rotatable bonds is 5. The van der Waals surface area contributed by atoms with Crippen molar-refractivity contribution in [1.29, 1.82) is 0 Å². The third kappa shape index (κ3) is 4.19. The Kier molecular flexibility index (Phi) is 5.75. The quantitative estimate of drug-likeness (QED) is 0.504. The minimum atomic E-state index is -0.466. The van der Waals surface area contributed by atoms with Crippen molar-refractivity contribution in [3.63, 3.8) is 0 Å². The summed E-state index contributed by atoms with van der Waals surface area (Å²) in [6.45, 7) is 1.74. The van der Waals surface area contributed by atoms with E-state index < -0.39 is 11.3 Å². The van der Waals surface area contributed by atoms with Crippen LogP contribution in [0.15, 0.2) is 66.0 Å². The summed E-state index contributed by atoms with van der Waals surface area (Å²) in [6.07, 6.45) is 5.27. The van der Waals surface area contributed by atoms with Crippen molar-refractivity contribution < 1.29 is 14.3 Å². The van der Waals surface area contributed by atoms with E-state index in [0.717, 1.165) is 36.5 Å². The molecule has 3 aliphatic heterocycles. The monoisotopic (exact) mass is 488 g/mol. The summed E-state index contributed by atoms with van der Waals surface area (Å²) in [5.41, 5.74) is 2.17. The third-order valence-electron chi connectivity index (χ3n) is 6.35. The molecule has 1 aromatic carbocycles. The summed E-state index contributed by atoms with van der Waals surface area (Å²) >= 11 is 1.40. The Bertz CT molecular complexity index is 1250. The maximum absolute atomic E-state index is 13.3. The zero-order valence-corrected chi connectivity index (χ0v) is 19.6. The lowest BCUT2D eigenvalue weighted by Crippen LogP contribution is -2.52. The van der Waals surface area contributed by atoms with Crippen LogP contribution in [0, 0.1) is 0 Å². The molecule has 0 bridgehead atoms. The first-order chi connectivity index (χ1) is 17.2. The van der Waals surface area contributed by atoms with Gasteiger partial charge in [-0.2, -0.15) is 0 Å². The van der Waals surface area contributed by atoms with Gasteiger partial charge in [-0.3, -0.25) is 9.69 Å². The summed E-state index contributed by atoms with van der Waals surface area (Å²) in [7, 11) is 0. The smallest absolute Gasteiger partial charge is 0.327 e. The number of nitrogens with zero attached hydrogens (tertiary/aromatic N) is 3. The van der Waals surface area contributed by atoms with Gasteiger partial charge in [0.2, 0.25) is 11.8 Å². The Labute approximate surface area is 206 Å². The second-order valence-corrected chi connectivity index (χ2v) is 9.80. The fourth-order valence-electron chi connectivity index (χ4n) is 4.71. The number of anilines is 2. The molecule has 0 saturated carbocycles. The largest absolute Gasteiger partial charge is 0.439 e. The second-order valence-electron chi connectivity index (χ2n) is 8.67. The number of amides is 3. The van der Waals surface area contributed by atoms with Crippen LogP contribution in [0.4, 0.5) is 16.2 Å². The van der Waals surface area contributed by atoms with Gasteiger partial charge in [0.05, 0.1) is 23.6 Å². The van der Waals surface area contributed by atoms with E-state index in [1.807, 2.05) is 36.4 Å². The summed E-state index contributed by atoms with van der Waals surface area (Å²) in [4.78, 5) is 36.9. The van der Waals surface area contributed by atoms with Crippen molar-refractivity contribution in [1.82, 2.24) is 25.9 Å². The van der Waals surface area contributed by atoms with Gasteiger partial charge in [0.15, 0.2) is 0 Å². The summed E-state index contributed by atoms with van der Waals surface area (Å²) < 4.78 is 5.77. The topological polar surface area (TPSA) is 108 Å². The molecule has 3 aliphatic rings. The molecule has 10 heteroatoms. The first-order valence-electron chi connectivity index (χ1n) is 11.6. The van der Waals surface area contributed by atoms with Crippen LogP contribution in [0.5, 0.6) is 11.6 Å². The van der Waals surface area contributed by atoms with Gasteiger partial charge in [-0.15, -0.1) is 0 Å². The number of benzene rings is 1.